The maximum Gasteiger partial charge on any atom is 0.258 e. The van der Waals surface area contributed by atoms with Gasteiger partial charge in [-0.05, 0) is 30.9 Å². The highest BCUT2D eigenvalue weighted by Gasteiger charge is 2.27. The number of nitrogens with zero attached hydrogens (tertiary/aromatic N) is 5. The average molecular weight is 386 g/mol. The van der Waals surface area contributed by atoms with Crippen LogP contribution in [0.2, 0.25) is 0 Å². The zero-order chi connectivity index (χ0) is 19.4. The van der Waals surface area contributed by atoms with Crippen molar-refractivity contribution in [2.45, 2.75) is 38.3 Å². The zero-order valence-electron chi connectivity index (χ0n) is 16.5. The quantitative estimate of drug-likeness (QED) is 0.582. The number of rotatable bonds is 5. The van der Waals surface area contributed by atoms with Gasteiger partial charge in [-0.2, -0.15) is 0 Å². The van der Waals surface area contributed by atoms with E-state index in [1.807, 2.05) is 42.6 Å². The smallest absolute Gasteiger partial charge is 0.258 e. The maximum atomic E-state index is 13.2. The van der Waals surface area contributed by atoms with Gasteiger partial charge in [0.1, 0.15) is 10.9 Å². The van der Waals surface area contributed by atoms with E-state index in [0.717, 1.165) is 49.3 Å². The molecule has 3 heterocycles. The Labute approximate surface area is 165 Å². The van der Waals surface area contributed by atoms with Crippen LogP contribution in [0.4, 0.5) is 0 Å². The molecule has 0 unspecified atom stereocenters. The van der Waals surface area contributed by atoms with Crippen molar-refractivity contribution in [3.8, 4) is 0 Å². The molecule has 1 saturated heterocycles. The molecule has 1 amide bonds. The summed E-state index contributed by atoms with van der Waals surface area (Å²) in [6.07, 6.45) is 5.61. The minimum absolute atomic E-state index is 0.0516. The van der Waals surface area contributed by atoms with Crippen LogP contribution in [0.15, 0.2) is 29.6 Å². The summed E-state index contributed by atoms with van der Waals surface area (Å²) in [6.45, 7) is 10.1. The van der Waals surface area contributed by atoms with Crippen molar-refractivity contribution in [2.24, 2.45) is 0 Å². The normalized spacial score (nSPS) is 15.4. The molecule has 0 N–H and O–H groups in total. The fraction of sp³-hybridized carbons (Fsp3) is 0.500. The number of piperazine rings is 1. The summed E-state index contributed by atoms with van der Waals surface area (Å²) in [5.41, 5.74) is 2.69. The standard InChI is InChI=1S/C20H27N5OS/c1-14(2)18-22-15(3)17(19(23-18)27-4)20(26)25-11-9-24(10-12-25)13-16-5-7-21-8-6-16/h5-8,14H,9-13H2,1-4H3. The maximum absolute atomic E-state index is 13.2. The molecule has 27 heavy (non-hydrogen) atoms. The Hall–Kier alpha value is -1.99. The molecule has 7 heteroatoms. The fourth-order valence-electron chi connectivity index (χ4n) is 3.23. The van der Waals surface area contributed by atoms with Gasteiger partial charge < -0.3 is 4.90 Å². The van der Waals surface area contributed by atoms with Crippen molar-refractivity contribution in [3.05, 3.63) is 47.2 Å². The first kappa shape index (κ1) is 19.8. The first-order valence-corrected chi connectivity index (χ1v) is 10.5. The van der Waals surface area contributed by atoms with Gasteiger partial charge in [0.2, 0.25) is 0 Å². The summed E-state index contributed by atoms with van der Waals surface area (Å²) in [4.78, 5) is 30.7. The first-order chi connectivity index (χ1) is 13.0. The summed E-state index contributed by atoms with van der Waals surface area (Å²) in [7, 11) is 0. The Bertz CT molecular complexity index is 788. The third-order valence-corrected chi connectivity index (χ3v) is 5.49. The van der Waals surface area contributed by atoms with Gasteiger partial charge in [-0.25, -0.2) is 9.97 Å². The molecular formula is C20H27N5OS. The lowest BCUT2D eigenvalue weighted by Crippen LogP contribution is -2.48. The van der Waals surface area contributed by atoms with Gasteiger partial charge in [0.05, 0.1) is 11.3 Å². The molecule has 1 aliphatic rings. The summed E-state index contributed by atoms with van der Waals surface area (Å²) >= 11 is 1.52. The lowest BCUT2D eigenvalue weighted by Gasteiger charge is -2.35. The van der Waals surface area contributed by atoms with Crippen LogP contribution in [0.5, 0.6) is 0 Å². The van der Waals surface area contributed by atoms with Crippen LogP contribution >= 0.6 is 11.8 Å². The van der Waals surface area contributed by atoms with Crippen LogP contribution in [-0.2, 0) is 6.54 Å². The van der Waals surface area contributed by atoms with E-state index in [2.05, 4.69) is 33.7 Å². The highest BCUT2D eigenvalue weighted by Crippen LogP contribution is 2.25. The van der Waals surface area contributed by atoms with Crippen molar-refractivity contribution in [3.63, 3.8) is 0 Å². The summed E-state index contributed by atoms with van der Waals surface area (Å²) in [5, 5.41) is 0.787. The molecule has 0 radical (unpaired) electrons. The summed E-state index contributed by atoms with van der Waals surface area (Å²) in [6, 6.07) is 4.08. The van der Waals surface area contributed by atoms with E-state index < -0.39 is 0 Å². The number of aryl methyl sites for hydroxylation is 1. The number of carbonyl (C=O) groups excluding carboxylic acids is 1. The van der Waals surface area contributed by atoms with E-state index in [-0.39, 0.29) is 11.8 Å². The molecule has 6 nitrogen and oxygen atoms in total. The van der Waals surface area contributed by atoms with Crippen LogP contribution in [0.3, 0.4) is 0 Å². The lowest BCUT2D eigenvalue weighted by atomic mass is 10.1. The van der Waals surface area contributed by atoms with Crippen LogP contribution in [0.1, 0.15) is 47.2 Å². The Morgan fingerprint density at radius 2 is 1.81 bits per heavy atom. The van der Waals surface area contributed by atoms with Crippen LogP contribution in [-0.4, -0.2) is 63.1 Å². The van der Waals surface area contributed by atoms with Gasteiger partial charge >= 0.3 is 0 Å². The van der Waals surface area contributed by atoms with Crippen LogP contribution in [0.25, 0.3) is 0 Å². The molecule has 0 saturated carbocycles. The molecular weight excluding hydrogens is 358 g/mol. The topological polar surface area (TPSA) is 62.2 Å². The van der Waals surface area contributed by atoms with Crippen molar-refractivity contribution < 1.29 is 4.79 Å². The van der Waals surface area contributed by atoms with E-state index >= 15 is 0 Å². The van der Waals surface area contributed by atoms with Crippen molar-refractivity contribution in [1.82, 2.24) is 24.8 Å². The monoisotopic (exact) mass is 385 g/mol. The van der Waals surface area contributed by atoms with E-state index in [1.165, 1.54) is 17.3 Å². The number of thioether (sulfide) groups is 1. The molecule has 0 atom stereocenters. The lowest BCUT2D eigenvalue weighted by molar-refractivity contribution is 0.0622. The molecule has 1 aliphatic heterocycles. The number of hydrogen-bond acceptors (Lipinski definition) is 6. The number of aromatic nitrogens is 3. The van der Waals surface area contributed by atoms with Gasteiger partial charge in [-0.1, -0.05) is 13.8 Å². The van der Waals surface area contributed by atoms with E-state index in [9.17, 15) is 4.79 Å². The molecule has 0 spiro atoms. The first-order valence-electron chi connectivity index (χ1n) is 9.32. The predicted octanol–water partition coefficient (Wildman–Crippen LogP) is 2.98. The van der Waals surface area contributed by atoms with Crippen molar-refractivity contribution >= 4 is 17.7 Å². The van der Waals surface area contributed by atoms with Crippen molar-refractivity contribution in [1.29, 1.82) is 0 Å². The second-order valence-corrected chi connectivity index (χ2v) is 7.92. The predicted molar refractivity (Wildman–Crippen MR) is 108 cm³/mol. The van der Waals surface area contributed by atoms with Gasteiger partial charge in [0, 0.05) is 51.0 Å². The highest BCUT2D eigenvalue weighted by atomic mass is 32.2. The van der Waals surface area contributed by atoms with Gasteiger partial charge in [0.15, 0.2) is 0 Å². The molecule has 0 bridgehead atoms. The van der Waals surface area contributed by atoms with Gasteiger partial charge in [-0.3, -0.25) is 14.7 Å². The third-order valence-electron chi connectivity index (χ3n) is 4.81. The minimum atomic E-state index is 0.0516. The van der Waals surface area contributed by atoms with Crippen LogP contribution < -0.4 is 0 Å². The fourth-order valence-corrected chi connectivity index (χ4v) is 3.86. The number of amides is 1. The van der Waals surface area contributed by atoms with Crippen molar-refractivity contribution in [2.75, 3.05) is 32.4 Å². The second-order valence-electron chi connectivity index (χ2n) is 7.13. The molecule has 0 aromatic carbocycles. The Balaban J connectivity index is 1.69. The van der Waals surface area contributed by atoms with Crippen LogP contribution in [0, 0.1) is 6.92 Å². The SMILES string of the molecule is CSc1nc(C(C)C)nc(C)c1C(=O)N1CCN(Cc2ccncc2)CC1. The minimum Gasteiger partial charge on any atom is -0.336 e. The van der Waals surface area contributed by atoms with E-state index in [0.29, 0.717) is 5.56 Å². The van der Waals surface area contributed by atoms with E-state index in [1.54, 1.807) is 0 Å². The molecule has 1 fully saturated rings. The zero-order valence-corrected chi connectivity index (χ0v) is 17.3. The summed E-state index contributed by atoms with van der Waals surface area (Å²) in [5.74, 6) is 1.10. The van der Waals surface area contributed by atoms with Gasteiger partial charge in [-0.15, -0.1) is 11.8 Å². The Morgan fingerprint density at radius 3 is 2.41 bits per heavy atom. The Morgan fingerprint density at radius 1 is 1.15 bits per heavy atom. The largest absolute Gasteiger partial charge is 0.336 e. The number of carbonyl (C=O) groups is 1. The molecule has 0 aliphatic carbocycles. The Kier molecular flexibility index (Phi) is 6.44. The molecule has 2 aromatic heterocycles. The third kappa shape index (κ3) is 4.65. The van der Waals surface area contributed by atoms with E-state index in [4.69, 9.17) is 0 Å². The molecule has 144 valence electrons. The summed E-state index contributed by atoms with van der Waals surface area (Å²) < 4.78 is 0. The highest BCUT2D eigenvalue weighted by molar-refractivity contribution is 7.98. The number of pyridine rings is 1. The molecule has 2 aromatic rings. The van der Waals surface area contributed by atoms with Gasteiger partial charge in [0.25, 0.3) is 5.91 Å². The average Bonchev–Trinajstić information content (AvgIpc) is 2.68. The second kappa shape index (κ2) is 8.80. The molecule has 3 rings (SSSR count). The number of hydrogen-bond donors (Lipinski definition) is 0.